The van der Waals surface area contributed by atoms with Gasteiger partial charge in [0.05, 0.1) is 39.5 Å². The van der Waals surface area contributed by atoms with E-state index >= 15 is 4.39 Å². The zero-order chi connectivity index (χ0) is 30.0. The molecule has 10 heteroatoms. The molecular weight excluding hydrogens is 543 g/mol. The van der Waals surface area contributed by atoms with Gasteiger partial charge in [0.2, 0.25) is 0 Å². The molecule has 1 aromatic heterocycles. The van der Waals surface area contributed by atoms with E-state index in [9.17, 15) is 13.8 Å². The van der Waals surface area contributed by atoms with Gasteiger partial charge in [-0.3, -0.25) is 14.7 Å². The Kier molecular flexibility index (Phi) is 9.23. The lowest BCUT2D eigenvalue weighted by molar-refractivity contribution is -0.117. The first-order valence-electron chi connectivity index (χ1n) is 14.3. The number of carbonyl (C=O) groups excluding carboxylic acids is 2. The van der Waals surface area contributed by atoms with E-state index in [1.807, 2.05) is 32.9 Å². The van der Waals surface area contributed by atoms with Gasteiger partial charge in [-0.05, 0) is 95.7 Å². The Balaban J connectivity index is 1.66. The molecule has 2 fully saturated rings. The van der Waals surface area contributed by atoms with Crippen molar-refractivity contribution in [1.82, 2.24) is 14.6 Å². The summed E-state index contributed by atoms with van der Waals surface area (Å²) >= 11 is 0. The van der Waals surface area contributed by atoms with E-state index < -0.39 is 44.8 Å². The topological polar surface area (TPSA) is 101 Å². The number of anilines is 1. The van der Waals surface area contributed by atoms with Crippen LogP contribution in [0.3, 0.4) is 0 Å². The molecule has 1 aliphatic carbocycles. The number of pyridine rings is 1. The lowest BCUT2D eigenvalue weighted by atomic mass is 9.79. The quantitative estimate of drug-likeness (QED) is 0.371. The average Bonchev–Trinajstić information content (AvgIpc) is 3.64. The molecule has 8 nitrogen and oxygen atoms in total. The fourth-order valence-corrected chi connectivity index (χ4v) is 5.99. The molecule has 1 aromatic carbocycles. The van der Waals surface area contributed by atoms with E-state index in [2.05, 4.69) is 15.0 Å². The van der Waals surface area contributed by atoms with Crippen molar-refractivity contribution in [3.8, 4) is 0 Å². The predicted molar refractivity (Wildman–Crippen MR) is 159 cm³/mol. The maximum absolute atomic E-state index is 15.2. The van der Waals surface area contributed by atoms with Gasteiger partial charge in [-0.25, -0.2) is 18.1 Å². The van der Waals surface area contributed by atoms with Crippen molar-refractivity contribution in [1.29, 1.82) is 0 Å². The third-order valence-corrected chi connectivity index (χ3v) is 9.13. The molecule has 4 rings (SSSR count). The molecule has 1 amide bonds. The highest BCUT2D eigenvalue weighted by Crippen LogP contribution is 2.42. The minimum absolute atomic E-state index is 0.0291. The second-order valence-electron chi connectivity index (χ2n) is 13.2. The van der Waals surface area contributed by atoms with Crippen LogP contribution in [0, 0.1) is 11.7 Å². The molecule has 1 saturated heterocycles. The Morgan fingerprint density at radius 1 is 1.10 bits per heavy atom. The van der Waals surface area contributed by atoms with Crippen molar-refractivity contribution >= 4 is 28.5 Å². The number of aromatic nitrogens is 1. The molecule has 2 N–H and O–H groups in total. The van der Waals surface area contributed by atoms with Crippen molar-refractivity contribution in [2.75, 3.05) is 18.4 Å². The highest BCUT2D eigenvalue weighted by atomic mass is 32.2. The van der Waals surface area contributed by atoms with E-state index in [0.29, 0.717) is 12.3 Å². The molecule has 0 spiro atoms. The van der Waals surface area contributed by atoms with Crippen molar-refractivity contribution in [2.24, 2.45) is 5.92 Å². The summed E-state index contributed by atoms with van der Waals surface area (Å²) in [5.74, 6) is 0.102. The van der Waals surface area contributed by atoms with Crippen LogP contribution < -0.4 is 10.0 Å². The molecule has 2 aromatic rings. The number of ketones is 1. The van der Waals surface area contributed by atoms with Crippen LogP contribution in [-0.2, 0) is 26.1 Å². The first-order valence-corrected chi connectivity index (χ1v) is 15.5. The molecule has 2 aliphatic rings. The molecule has 2 heterocycles. The summed E-state index contributed by atoms with van der Waals surface area (Å²) in [6.45, 7) is 11.2. The average molecular weight is 587 g/mol. The molecule has 224 valence electrons. The smallest absolute Gasteiger partial charge is 0.411 e. The number of halogens is 1. The summed E-state index contributed by atoms with van der Waals surface area (Å²) in [5, 5.41) is 3.16. The zero-order valence-corrected chi connectivity index (χ0v) is 25.8. The maximum Gasteiger partial charge on any atom is 0.411 e. The highest BCUT2D eigenvalue weighted by molar-refractivity contribution is 7.84. The number of ether oxygens (including phenoxy) is 1. The number of carbonyl (C=O) groups is 2. The second-order valence-corrected chi connectivity index (χ2v) is 15.2. The number of rotatable bonds is 10. The SMILES string of the molecule is CC(C)(C)OC(=O)N1CC(=O)C[C@@H]1CNc1cc(C(CCC2CC2)(N[S@](=O)C(C)(C)C)c2ccncc2)ccc1F. The van der Waals surface area contributed by atoms with Crippen LogP contribution in [0.1, 0.15) is 84.8 Å². The number of nitrogens with zero attached hydrogens (tertiary/aromatic N) is 2. The van der Waals surface area contributed by atoms with Crippen LogP contribution in [0.2, 0.25) is 0 Å². The first-order chi connectivity index (χ1) is 19.2. The van der Waals surface area contributed by atoms with Crippen LogP contribution >= 0.6 is 0 Å². The van der Waals surface area contributed by atoms with Gasteiger partial charge < -0.3 is 10.1 Å². The highest BCUT2D eigenvalue weighted by Gasteiger charge is 2.41. The molecule has 1 unspecified atom stereocenters. The van der Waals surface area contributed by atoms with E-state index in [0.717, 1.165) is 17.5 Å². The Labute approximate surface area is 245 Å². The third kappa shape index (κ3) is 7.92. The summed E-state index contributed by atoms with van der Waals surface area (Å²) in [5.41, 5.74) is 0.384. The van der Waals surface area contributed by atoms with Gasteiger partial charge in [0.1, 0.15) is 11.4 Å². The van der Waals surface area contributed by atoms with Crippen molar-refractivity contribution in [3.63, 3.8) is 0 Å². The molecule has 1 aliphatic heterocycles. The lowest BCUT2D eigenvalue weighted by Crippen LogP contribution is -2.49. The summed E-state index contributed by atoms with van der Waals surface area (Å²) in [6, 6.07) is 8.28. The molecule has 3 atom stereocenters. The summed E-state index contributed by atoms with van der Waals surface area (Å²) < 4.78 is 37.2. The van der Waals surface area contributed by atoms with Gasteiger partial charge in [-0.15, -0.1) is 0 Å². The number of hydrogen-bond donors (Lipinski definition) is 2. The van der Waals surface area contributed by atoms with Crippen LogP contribution in [0.4, 0.5) is 14.9 Å². The molecular formula is C31H43FN4O4S. The Bertz CT molecular complexity index is 1270. The minimum Gasteiger partial charge on any atom is -0.444 e. The largest absolute Gasteiger partial charge is 0.444 e. The number of nitrogens with one attached hydrogen (secondary N) is 2. The predicted octanol–water partition coefficient (Wildman–Crippen LogP) is 5.70. The van der Waals surface area contributed by atoms with Gasteiger partial charge >= 0.3 is 6.09 Å². The van der Waals surface area contributed by atoms with E-state index in [1.54, 1.807) is 45.3 Å². The standard InChI is InChI=1S/C31H43FN4O4S/c1-29(2,3)40-28(38)36-20-25(37)18-24(36)19-34-27-17-23(9-10-26(27)32)31(14-11-21-7-8-21,22-12-15-33-16-13-22)35-41(39)30(4,5)6/h9-10,12-13,15-17,21,24,34-35H,7-8,11,14,18-20H2,1-6H3/t24-,31?,41-/m1/s1. The lowest BCUT2D eigenvalue weighted by Gasteiger charge is -2.38. The monoisotopic (exact) mass is 586 g/mol. The van der Waals surface area contributed by atoms with Crippen molar-refractivity contribution in [3.05, 3.63) is 59.7 Å². The van der Waals surface area contributed by atoms with Crippen LogP contribution in [0.5, 0.6) is 0 Å². The summed E-state index contributed by atoms with van der Waals surface area (Å²) in [7, 11) is -1.42. The number of hydrogen-bond acceptors (Lipinski definition) is 6. The van der Waals surface area contributed by atoms with E-state index in [4.69, 9.17) is 4.74 Å². The van der Waals surface area contributed by atoms with Crippen LogP contribution in [0.15, 0.2) is 42.7 Å². The summed E-state index contributed by atoms with van der Waals surface area (Å²) in [6.07, 6.45) is 7.02. The number of Topliss-reactive ketones (excluding diaryl/α,β-unsaturated/α-hetero) is 1. The number of amides is 1. The van der Waals surface area contributed by atoms with Crippen molar-refractivity contribution in [2.45, 2.75) is 95.6 Å². The van der Waals surface area contributed by atoms with E-state index in [1.165, 1.54) is 23.8 Å². The maximum atomic E-state index is 15.2. The first kappa shape index (κ1) is 31.1. The Morgan fingerprint density at radius 3 is 2.39 bits per heavy atom. The Hall–Kier alpha value is -2.85. The second kappa shape index (κ2) is 12.2. The third-order valence-electron chi connectivity index (χ3n) is 7.49. The van der Waals surface area contributed by atoms with Crippen molar-refractivity contribution < 1.29 is 22.9 Å². The minimum atomic E-state index is -1.42. The molecule has 0 radical (unpaired) electrons. The van der Waals surface area contributed by atoms with Gasteiger partial charge in [-0.2, -0.15) is 0 Å². The fraction of sp³-hybridized carbons (Fsp3) is 0.581. The van der Waals surface area contributed by atoms with E-state index in [-0.39, 0.29) is 31.0 Å². The summed E-state index contributed by atoms with van der Waals surface area (Å²) in [4.78, 5) is 30.6. The molecule has 1 saturated carbocycles. The number of benzene rings is 1. The Morgan fingerprint density at radius 2 is 1.78 bits per heavy atom. The zero-order valence-electron chi connectivity index (χ0n) is 25.0. The van der Waals surface area contributed by atoms with Gasteiger partial charge in [-0.1, -0.05) is 18.9 Å². The van der Waals surface area contributed by atoms with Gasteiger partial charge in [0, 0.05) is 25.4 Å². The van der Waals surface area contributed by atoms with Crippen LogP contribution in [0.25, 0.3) is 0 Å². The molecule has 41 heavy (non-hydrogen) atoms. The normalized spacial score (nSPS) is 20.0. The number of likely N-dealkylation sites (tertiary alicyclic amines) is 1. The van der Waals surface area contributed by atoms with Gasteiger partial charge in [0.25, 0.3) is 0 Å². The fourth-order valence-electron chi connectivity index (χ4n) is 5.03. The van der Waals surface area contributed by atoms with Crippen LogP contribution in [-0.4, -0.2) is 55.4 Å². The van der Waals surface area contributed by atoms with Gasteiger partial charge in [0.15, 0.2) is 5.78 Å². The molecule has 0 bridgehead atoms.